The van der Waals surface area contributed by atoms with Crippen LogP contribution in [0.15, 0.2) is 36.4 Å². The minimum absolute atomic E-state index is 0.0127. The molecule has 0 saturated heterocycles. The second-order valence-electron chi connectivity index (χ2n) is 7.88. The third kappa shape index (κ3) is 4.30. The van der Waals surface area contributed by atoms with Crippen molar-refractivity contribution in [3.05, 3.63) is 58.7 Å². The molecule has 0 bridgehead atoms. The van der Waals surface area contributed by atoms with Crippen molar-refractivity contribution in [2.75, 3.05) is 20.4 Å². The van der Waals surface area contributed by atoms with Gasteiger partial charge in [0.15, 0.2) is 11.5 Å². The Morgan fingerprint density at radius 3 is 2.71 bits per heavy atom. The zero-order valence-electron chi connectivity index (χ0n) is 16.7. The molecular formula is C23H28N2O3. The largest absolute Gasteiger partial charge is 0.454 e. The maximum atomic E-state index is 12.5. The molecule has 0 fully saturated rings. The molecule has 1 atom stereocenters. The molecule has 0 radical (unpaired) electrons. The molecule has 0 aromatic heterocycles. The molecule has 4 rings (SSSR count). The molecule has 5 nitrogen and oxygen atoms in total. The highest BCUT2D eigenvalue weighted by molar-refractivity contribution is 5.78. The van der Waals surface area contributed by atoms with E-state index in [1.807, 2.05) is 30.1 Å². The van der Waals surface area contributed by atoms with E-state index in [2.05, 4.69) is 30.4 Å². The lowest BCUT2D eigenvalue weighted by Crippen LogP contribution is -2.36. The van der Waals surface area contributed by atoms with E-state index < -0.39 is 0 Å². The Labute approximate surface area is 166 Å². The second kappa shape index (κ2) is 8.23. The topological polar surface area (TPSA) is 50.8 Å². The van der Waals surface area contributed by atoms with Crippen LogP contribution in [0.2, 0.25) is 0 Å². The number of benzene rings is 2. The predicted octanol–water partition coefficient (Wildman–Crippen LogP) is 3.60. The number of rotatable bonds is 6. The van der Waals surface area contributed by atoms with Crippen molar-refractivity contribution >= 4 is 5.91 Å². The first-order valence-corrected chi connectivity index (χ1v) is 10.1. The maximum Gasteiger partial charge on any atom is 0.234 e. The molecule has 28 heavy (non-hydrogen) atoms. The third-order valence-electron chi connectivity index (χ3n) is 5.55. The van der Waals surface area contributed by atoms with Crippen molar-refractivity contribution in [3.8, 4) is 11.5 Å². The molecule has 148 valence electrons. The van der Waals surface area contributed by atoms with Crippen molar-refractivity contribution in [1.82, 2.24) is 10.2 Å². The predicted molar refractivity (Wildman–Crippen MR) is 109 cm³/mol. The number of fused-ring (bicyclic) bond motifs is 2. The Balaban J connectivity index is 1.31. The van der Waals surface area contributed by atoms with Crippen LogP contribution in [0.4, 0.5) is 0 Å². The number of ether oxygens (including phenoxy) is 2. The fourth-order valence-corrected chi connectivity index (χ4v) is 4.05. The van der Waals surface area contributed by atoms with Gasteiger partial charge in [-0.3, -0.25) is 9.69 Å². The van der Waals surface area contributed by atoms with Crippen LogP contribution in [0.5, 0.6) is 11.5 Å². The molecule has 1 N–H and O–H groups in total. The molecule has 2 aromatic carbocycles. The molecular weight excluding hydrogens is 352 g/mol. The molecule has 0 spiro atoms. The summed E-state index contributed by atoms with van der Waals surface area (Å²) in [5.74, 6) is 1.59. The smallest absolute Gasteiger partial charge is 0.234 e. The van der Waals surface area contributed by atoms with Gasteiger partial charge >= 0.3 is 0 Å². The molecule has 2 aliphatic rings. The molecule has 0 saturated carbocycles. The first-order chi connectivity index (χ1) is 13.6. The van der Waals surface area contributed by atoms with Gasteiger partial charge in [-0.25, -0.2) is 0 Å². The molecule has 1 aliphatic heterocycles. The standard InChI is InChI=1S/C23H28N2O3/c1-16(19-9-8-18-5-3-4-6-20(18)12-19)24-23(26)14-25(2)13-17-7-10-21-22(11-17)28-15-27-21/h7-12,16H,3-6,13-15H2,1-2H3,(H,24,26). The van der Waals surface area contributed by atoms with Gasteiger partial charge < -0.3 is 14.8 Å². The Bertz CT molecular complexity index is 865. The highest BCUT2D eigenvalue weighted by atomic mass is 16.7. The van der Waals surface area contributed by atoms with Crippen LogP contribution in [-0.2, 0) is 24.2 Å². The van der Waals surface area contributed by atoms with Crippen molar-refractivity contribution in [2.45, 2.75) is 45.2 Å². The van der Waals surface area contributed by atoms with E-state index in [0.29, 0.717) is 13.1 Å². The van der Waals surface area contributed by atoms with Crippen molar-refractivity contribution in [3.63, 3.8) is 0 Å². The van der Waals surface area contributed by atoms with Gasteiger partial charge in [0.25, 0.3) is 0 Å². The quantitative estimate of drug-likeness (QED) is 0.832. The Hall–Kier alpha value is -2.53. The number of hydrogen-bond donors (Lipinski definition) is 1. The van der Waals surface area contributed by atoms with E-state index in [9.17, 15) is 4.79 Å². The van der Waals surface area contributed by atoms with Crippen LogP contribution in [0.1, 0.15) is 48.1 Å². The highest BCUT2D eigenvalue weighted by Gasteiger charge is 2.17. The van der Waals surface area contributed by atoms with Gasteiger partial charge in [0.05, 0.1) is 12.6 Å². The number of carbonyl (C=O) groups is 1. The van der Waals surface area contributed by atoms with E-state index in [1.165, 1.54) is 36.0 Å². The van der Waals surface area contributed by atoms with Crippen molar-refractivity contribution in [2.24, 2.45) is 0 Å². The Kier molecular flexibility index (Phi) is 5.53. The van der Waals surface area contributed by atoms with Crippen LogP contribution in [-0.4, -0.2) is 31.2 Å². The molecule has 1 amide bonds. The first-order valence-electron chi connectivity index (χ1n) is 10.1. The molecule has 2 aromatic rings. The summed E-state index contributed by atoms with van der Waals surface area (Å²) in [5.41, 5.74) is 5.21. The number of likely N-dealkylation sites (N-methyl/N-ethyl adjacent to an activating group) is 1. The summed E-state index contributed by atoms with van der Waals surface area (Å²) < 4.78 is 10.8. The van der Waals surface area contributed by atoms with E-state index in [4.69, 9.17) is 9.47 Å². The van der Waals surface area contributed by atoms with E-state index >= 15 is 0 Å². The zero-order valence-corrected chi connectivity index (χ0v) is 16.7. The minimum atomic E-state index is 0.0127. The number of aryl methyl sites for hydroxylation is 2. The summed E-state index contributed by atoms with van der Waals surface area (Å²) in [7, 11) is 1.95. The number of nitrogens with zero attached hydrogens (tertiary/aromatic N) is 1. The Morgan fingerprint density at radius 1 is 1.07 bits per heavy atom. The van der Waals surface area contributed by atoms with Crippen molar-refractivity contribution < 1.29 is 14.3 Å². The lowest BCUT2D eigenvalue weighted by atomic mass is 9.89. The SMILES string of the molecule is CC(NC(=O)CN(C)Cc1ccc2c(c1)OCO2)c1ccc2c(c1)CCCC2. The van der Waals surface area contributed by atoms with Gasteiger partial charge in [-0.2, -0.15) is 0 Å². The van der Waals surface area contributed by atoms with Gasteiger partial charge in [0, 0.05) is 6.54 Å². The van der Waals surface area contributed by atoms with Gasteiger partial charge in [-0.1, -0.05) is 24.3 Å². The van der Waals surface area contributed by atoms with Crippen LogP contribution < -0.4 is 14.8 Å². The molecule has 1 aliphatic carbocycles. The molecule has 1 heterocycles. The molecule has 5 heteroatoms. The number of nitrogens with one attached hydrogen (secondary N) is 1. The average Bonchev–Trinajstić information content (AvgIpc) is 3.15. The fraction of sp³-hybridized carbons (Fsp3) is 0.435. The van der Waals surface area contributed by atoms with Gasteiger partial charge in [0.2, 0.25) is 12.7 Å². The van der Waals surface area contributed by atoms with E-state index in [0.717, 1.165) is 23.5 Å². The lowest BCUT2D eigenvalue weighted by Gasteiger charge is -2.21. The summed E-state index contributed by atoms with van der Waals surface area (Å²) >= 11 is 0. The number of carbonyl (C=O) groups excluding carboxylic acids is 1. The van der Waals surface area contributed by atoms with Crippen LogP contribution >= 0.6 is 0 Å². The fourth-order valence-electron chi connectivity index (χ4n) is 4.05. The summed E-state index contributed by atoms with van der Waals surface area (Å²) in [6.45, 7) is 3.36. The highest BCUT2D eigenvalue weighted by Crippen LogP contribution is 2.32. The summed E-state index contributed by atoms with van der Waals surface area (Å²) in [6, 6.07) is 12.6. The number of hydrogen-bond acceptors (Lipinski definition) is 4. The van der Waals surface area contributed by atoms with Crippen LogP contribution in [0, 0.1) is 0 Å². The third-order valence-corrected chi connectivity index (χ3v) is 5.55. The average molecular weight is 380 g/mol. The summed E-state index contributed by atoms with van der Waals surface area (Å²) in [6.07, 6.45) is 4.89. The second-order valence-corrected chi connectivity index (χ2v) is 7.88. The van der Waals surface area contributed by atoms with E-state index in [-0.39, 0.29) is 18.7 Å². The van der Waals surface area contributed by atoms with Gasteiger partial charge in [0.1, 0.15) is 0 Å². The Morgan fingerprint density at radius 2 is 1.86 bits per heavy atom. The normalized spacial score (nSPS) is 16.0. The number of amides is 1. The first kappa shape index (κ1) is 18.8. The van der Waals surface area contributed by atoms with Crippen LogP contribution in [0.3, 0.4) is 0 Å². The van der Waals surface area contributed by atoms with E-state index in [1.54, 1.807) is 0 Å². The monoisotopic (exact) mass is 380 g/mol. The summed E-state index contributed by atoms with van der Waals surface area (Å²) in [5, 5.41) is 3.14. The molecule has 1 unspecified atom stereocenters. The van der Waals surface area contributed by atoms with Crippen molar-refractivity contribution in [1.29, 1.82) is 0 Å². The van der Waals surface area contributed by atoms with Crippen LogP contribution in [0.25, 0.3) is 0 Å². The zero-order chi connectivity index (χ0) is 19.5. The lowest BCUT2D eigenvalue weighted by molar-refractivity contribution is -0.122. The van der Waals surface area contributed by atoms with Gasteiger partial charge in [-0.15, -0.1) is 0 Å². The maximum absolute atomic E-state index is 12.5. The van der Waals surface area contributed by atoms with Gasteiger partial charge in [-0.05, 0) is 74.0 Å². The summed E-state index contributed by atoms with van der Waals surface area (Å²) in [4.78, 5) is 14.5. The minimum Gasteiger partial charge on any atom is -0.454 e.